The predicted molar refractivity (Wildman–Crippen MR) is 165 cm³/mol. The molecule has 2 heterocycles. The number of halogens is 1. The van der Waals surface area contributed by atoms with Gasteiger partial charge in [0, 0.05) is 41.0 Å². The predicted octanol–water partition coefficient (Wildman–Crippen LogP) is 3.56. The Morgan fingerprint density at radius 1 is 0.634 bits per heavy atom. The molecule has 0 atom stereocenters. The van der Waals surface area contributed by atoms with Crippen molar-refractivity contribution < 1.29 is 16.8 Å². The minimum Gasteiger partial charge on any atom is -0.368 e. The van der Waals surface area contributed by atoms with Crippen LogP contribution in [-0.2, 0) is 20.0 Å². The highest BCUT2D eigenvalue weighted by Gasteiger charge is 2.21. The minimum absolute atomic E-state index is 0. The molecule has 0 radical (unpaired) electrons. The second-order valence-electron chi connectivity index (χ2n) is 9.33. The molecule has 2 aliphatic heterocycles. The number of aliphatic imine (C=N–C) groups is 2. The molecule has 6 rings (SSSR count). The Morgan fingerprint density at radius 3 is 1.76 bits per heavy atom. The quantitative estimate of drug-likeness (QED) is 0.240. The summed E-state index contributed by atoms with van der Waals surface area (Å²) in [4.78, 5) is 8.82. The van der Waals surface area contributed by atoms with Crippen molar-refractivity contribution in [3.05, 3.63) is 96.1 Å². The molecule has 0 saturated carbocycles. The summed E-state index contributed by atoms with van der Waals surface area (Å²) < 4.78 is 58.6. The van der Waals surface area contributed by atoms with Gasteiger partial charge in [0.25, 0.3) is 20.0 Å². The largest absolute Gasteiger partial charge is 0.368 e. The summed E-state index contributed by atoms with van der Waals surface area (Å²) in [6, 6.07) is 23.2. The molecule has 10 nitrogen and oxygen atoms in total. The van der Waals surface area contributed by atoms with Crippen molar-refractivity contribution in [1.82, 2.24) is 10.6 Å². The molecule has 0 unspecified atom stereocenters. The Labute approximate surface area is 244 Å². The van der Waals surface area contributed by atoms with Crippen LogP contribution >= 0.6 is 12.4 Å². The van der Waals surface area contributed by atoms with Crippen molar-refractivity contribution in [1.29, 1.82) is 0 Å². The van der Waals surface area contributed by atoms with E-state index in [1.807, 2.05) is 12.1 Å². The zero-order valence-corrected chi connectivity index (χ0v) is 24.1. The van der Waals surface area contributed by atoms with E-state index in [9.17, 15) is 16.8 Å². The van der Waals surface area contributed by atoms with Crippen molar-refractivity contribution in [3.8, 4) is 0 Å². The van der Waals surface area contributed by atoms with E-state index in [-0.39, 0.29) is 22.2 Å². The van der Waals surface area contributed by atoms with Gasteiger partial charge in [-0.1, -0.05) is 42.5 Å². The number of hydrogen-bond acceptors (Lipinski definition) is 8. The SMILES string of the molecule is Cl.O=S(=O)(Nc1cccc(C2=NCCN2)c1)c1ccc2c(S(=O)(=O)Nc3cccc(C4=NCCN4)c3)cccc2c1. The third-order valence-corrected chi connectivity index (χ3v) is 9.35. The number of nitrogens with one attached hydrogen (secondary N) is 4. The van der Waals surface area contributed by atoms with E-state index in [2.05, 4.69) is 30.1 Å². The second-order valence-corrected chi connectivity index (χ2v) is 12.7. The molecule has 0 aliphatic carbocycles. The van der Waals surface area contributed by atoms with Crippen molar-refractivity contribution in [2.24, 2.45) is 9.98 Å². The van der Waals surface area contributed by atoms with E-state index >= 15 is 0 Å². The standard InChI is InChI=1S/C28H26N6O4S2.ClH/c35-39(36,33-22-7-1-5-20(16-22)27-29-12-13-30-27)24-10-11-25-19(18-24)4-3-9-26(25)40(37,38)34-23-8-2-6-21(17-23)28-31-14-15-32-28;/h1-11,16-18,33-34H,12-15H2,(H,29,30)(H,31,32);1H. The summed E-state index contributed by atoms with van der Waals surface area (Å²) in [7, 11) is -7.93. The van der Waals surface area contributed by atoms with Gasteiger partial charge in [0.05, 0.1) is 22.9 Å². The lowest BCUT2D eigenvalue weighted by atomic mass is 10.1. The maximum Gasteiger partial charge on any atom is 0.262 e. The zero-order chi connectivity index (χ0) is 27.7. The second kappa shape index (κ2) is 11.4. The highest BCUT2D eigenvalue weighted by atomic mass is 35.5. The summed E-state index contributed by atoms with van der Waals surface area (Å²) in [6.45, 7) is 2.84. The number of fused-ring (bicyclic) bond motifs is 1. The van der Waals surface area contributed by atoms with Crippen LogP contribution < -0.4 is 20.1 Å². The summed E-state index contributed by atoms with van der Waals surface area (Å²) in [5.41, 5.74) is 2.37. The molecule has 0 fully saturated rings. The Bertz CT molecular complexity index is 1910. The van der Waals surface area contributed by atoms with Crippen LogP contribution in [0, 0.1) is 0 Å². The first-order chi connectivity index (χ1) is 19.3. The van der Waals surface area contributed by atoms with Gasteiger partial charge in [-0.25, -0.2) is 16.8 Å². The van der Waals surface area contributed by atoms with Crippen molar-refractivity contribution >= 4 is 66.3 Å². The van der Waals surface area contributed by atoms with E-state index in [4.69, 9.17) is 0 Å². The number of hydrogen-bond donors (Lipinski definition) is 4. The van der Waals surface area contributed by atoms with Gasteiger partial charge in [-0.05, 0) is 47.9 Å². The molecule has 0 saturated heterocycles. The van der Waals surface area contributed by atoms with Crippen LogP contribution in [0.15, 0.2) is 105 Å². The zero-order valence-electron chi connectivity index (χ0n) is 21.7. The van der Waals surface area contributed by atoms with Crippen LogP contribution in [0.4, 0.5) is 11.4 Å². The molecule has 4 N–H and O–H groups in total. The Balaban J connectivity index is 0.00000337. The summed E-state index contributed by atoms with van der Waals surface area (Å²) in [6.07, 6.45) is 0. The fourth-order valence-electron chi connectivity index (χ4n) is 4.70. The van der Waals surface area contributed by atoms with Gasteiger partial charge in [0.15, 0.2) is 0 Å². The first kappa shape index (κ1) is 28.4. The number of amidine groups is 2. The average Bonchev–Trinajstić information content (AvgIpc) is 3.68. The van der Waals surface area contributed by atoms with Gasteiger partial charge in [-0.15, -0.1) is 12.4 Å². The molecular formula is C28H27ClN6O4S2. The third-order valence-electron chi connectivity index (χ3n) is 6.54. The number of anilines is 2. The molecular weight excluding hydrogens is 584 g/mol. The summed E-state index contributed by atoms with van der Waals surface area (Å²) in [5, 5.41) is 7.23. The lowest BCUT2D eigenvalue weighted by Crippen LogP contribution is -2.20. The first-order valence-corrected chi connectivity index (χ1v) is 15.6. The Hall–Kier alpha value is -4.13. The fourth-order valence-corrected chi connectivity index (χ4v) is 7.07. The van der Waals surface area contributed by atoms with E-state index in [1.54, 1.807) is 48.5 Å². The van der Waals surface area contributed by atoms with Crippen molar-refractivity contribution in [2.45, 2.75) is 9.79 Å². The van der Waals surface area contributed by atoms with Crippen LogP contribution in [0.5, 0.6) is 0 Å². The molecule has 13 heteroatoms. The van der Waals surface area contributed by atoms with Gasteiger partial charge < -0.3 is 10.6 Å². The summed E-state index contributed by atoms with van der Waals surface area (Å²) >= 11 is 0. The molecule has 41 heavy (non-hydrogen) atoms. The Morgan fingerprint density at radius 2 is 1.20 bits per heavy atom. The lowest BCUT2D eigenvalue weighted by molar-refractivity contribution is 0.600. The van der Waals surface area contributed by atoms with E-state index in [0.717, 1.165) is 35.9 Å². The molecule has 0 amide bonds. The van der Waals surface area contributed by atoms with Crippen LogP contribution in [0.25, 0.3) is 10.8 Å². The van der Waals surface area contributed by atoms with Crippen LogP contribution in [0.2, 0.25) is 0 Å². The van der Waals surface area contributed by atoms with Crippen molar-refractivity contribution in [2.75, 3.05) is 35.6 Å². The lowest BCUT2D eigenvalue weighted by Gasteiger charge is -2.13. The Kier molecular flexibility index (Phi) is 7.89. The smallest absolute Gasteiger partial charge is 0.262 e. The molecule has 212 valence electrons. The molecule has 4 aromatic carbocycles. The average molecular weight is 611 g/mol. The topological polar surface area (TPSA) is 141 Å². The van der Waals surface area contributed by atoms with Gasteiger partial charge >= 0.3 is 0 Å². The highest BCUT2D eigenvalue weighted by molar-refractivity contribution is 7.93. The monoisotopic (exact) mass is 610 g/mol. The van der Waals surface area contributed by atoms with E-state index in [0.29, 0.717) is 35.2 Å². The van der Waals surface area contributed by atoms with Gasteiger partial charge in [0.1, 0.15) is 11.7 Å². The van der Waals surface area contributed by atoms with Crippen LogP contribution in [0.3, 0.4) is 0 Å². The number of benzene rings is 4. The number of nitrogens with zero attached hydrogens (tertiary/aromatic N) is 2. The molecule has 0 aromatic heterocycles. The van der Waals surface area contributed by atoms with Gasteiger partial charge in [-0.2, -0.15) is 0 Å². The van der Waals surface area contributed by atoms with E-state index in [1.165, 1.54) is 24.3 Å². The molecule has 2 aliphatic rings. The van der Waals surface area contributed by atoms with E-state index < -0.39 is 20.0 Å². The van der Waals surface area contributed by atoms with Gasteiger partial charge in [0.2, 0.25) is 0 Å². The fraction of sp³-hybridized carbons (Fsp3) is 0.143. The minimum atomic E-state index is -3.98. The first-order valence-electron chi connectivity index (χ1n) is 12.6. The molecule has 0 bridgehead atoms. The van der Waals surface area contributed by atoms with Crippen molar-refractivity contribution in [3.63, 3.8) is 0 Å². The third kappa shape index (κ3) is 5.99. The van der Waals surface area contributed by atoms with Crippen LogP contribution in [0.1, 0.15) is 11.1 Å². The normalized spacial score (nSPS) is 14.8. The maximum absolute atomic E-state index is 13.4. The van der Waals surface area contributed by atoms with Crippen LogP contribution in [-0.4, -0.2) is 54.7 Å². The number of rotatable bonds is 8. The highest BCUT2D eigenvalue weighted by Crippen LogP contribution is 2.28. The van der Waals surface area contributed by atoms with Gasteiger partial charge in [-0.3, -0.25) is 19.4 Å². The summed E-state index contributed by atoms with van der Waals surface area (Å²) in [5.74, 6) is 1.45. The maximum atomic E-state index is 13.4. The number of sulfonamides is 2. The molecule has 4 aromatic rings. The molecule has 0 spiro atoms.